The average molecular weight is 303 g/mol. The summed E-state index contributed by atoms with van der Waals surface area (Å²) in [6.45, 7) is 0.353. The largest absolute Gasteiger partial charge is 0.334 e. The summed E-state index contributed by atoms with van der Waals surface area (Å²) in [5.74, 6) is 0.170. The molecule has 0 aliphatic carbocycles. The minimum Gasteiger partial charge on any atom is -0.334 e. The van der Waals surface area contributed by atoms with Crippen LogP contribution in [0.25, 0.3) is 0 Å². The molecular weight excluding hydrogens is 288 g/mol. The molecule has 1 heterocycles. The van der Waals surface area contributed by atoms with Crippen LogP contribution in [0.1, 0.15) is 12.0 Å². The number of rotatable bonds is 3. The number of nitrogens with one attached hydrogen (secondary N) is 2. The molecule has 1 fully saturated rings. The lowest BCUT2D eigenvalue weighted by atomic mass is 10.2. The minimum atomic E-state index is -2.97. The summed E-state index contributed by atoms with van der Waals surface area (Å²) in [6.07, 6.45) is 0.479. The molecule has 1 atom stereocenters. The predicted octanol–water partition coefficient (Wildman–Crippen LogP) is 1.33. The number of halogens is 1. The molecule has 1 aliphatic heterocycles. The third-order valence-corrected chi connectivity index (χ3v) is 4.91. The minimum absolute atomic E-state index is 0.0254. The number of carbonyl (C=O) groups excluding carboxylic acids is 1. The zero-order valence-electron chi connectivity index (χ0n) is 10.2. The van der Waals surface area contributed by atoms with Crippen molar-refractivity contribution in [1.29, 1.82) is 0 Å². The number of carbonyl (C=O) groups is 1. The highest BCUT2D eigenvalue weighted by Gasteiger charge is 2.28. The molecule has 0 aromatic heterocycles. The Balaban J connectivity index is 1.79. The topological polar surface area (TPSA) is 75.3 Å². The third kappa shape index (κ3) is 4.40. The van der Waals surface area contributed by atoms with Gasteiger partial charge in [-0.15, -0.1) is 0 Å². The molecule has 1 aromatic rings. The third-order valence-electron chi connectivity index (χ3n) is 2.91. The molecular formula is C12H15ClN2O3S. The average Bonchev–Trinajstić information content (AvgIpc) is 2.66. The van der Waals surface area contributed by atoms with Crippen molar-refractivity contribution in [2.24, 2.45) is 0 Å². The van der Waals surface area contributed by atoms with Crippen molar-refractivity contribution in [2.45, 2.75) is 19.0 Å². The number of hydrogen-bond donors (Lipinski definition) is 2. The maximum atomic E-state index is 11.6. The molecule has 2 rings (SSSR count). The fraction of sp³-hybridized carbons (Fsp3) is 0.417. The summed E-state index contributed by atoms with van der Waals surface area (Å²) in [4.78, 5) is 11.6. The first-order valence-corrected chi connectivity index (χ1v) is 8.14. The second kappa shape index (κ2) is 5.79. The normalized spacial score (nSPS) is 21.0. The van der Waals surface area contributed by atoms with Crippen molar-refractivity contribution in [3.05, 3.63) is 34.9 Å². The van der Waals surface area contributed by atoms with Gasteiger partial charge in [0.1, 0.15) is 0 Å². The van der Waals surface area contributed by atoms with Gasteiger partial charge in [0, 0.05) is 17.6 Å². The van der Waals surface area contributed by atoms with Crippen LogP contribution in [0.4, 0.5) is 4.79 Å². The lowest BCUT2D eigenvalue weighted by Gasteiger charge is -2.12. The first kappa shape index (κ1) is 14.1. The highest BCUT2D eigenvalue weighted by atomic mass is 35.5. The predicted molar refractivity (Wildman–Crippen MR) is 73.9 cm³/mol. The van der Waals surface area contributed by atoms with Gasteiger partial charge in [-0.3, -0.25) is 0 Å². The van der Waals surface area contributed by atoms with Gasteiger partial charge in [-0.2, -0.15) is 0 Å². The van der Waals surface area contributed by atoms with E-state index in [4.69, 9.17) is 11.6 Å². The first-order valence-electron chi connectivity index (χ1n) is 5.94. The molecule has 0 saturated carbocycles. The maximum absolute atomic E-state index is 11.6. The lowest BCUT2D eigenvalue weighted by molar-refractivity contribution is 0.237. The Morgan fingerprint density at radius 2 is 2.21 bits per heavy atom. The Morgan fingerprint density at radius 3 is 2.84 bits per heavy atom. The molecule has 2 N–H and O–H groups in total. The van der Waals surface area contributed by atoms with Gasteiger partial charge in [-0.25, -0.2) is 13.2 Å². The van der Waals surface area contributed by atoms with Crippen molar-refractivity contribution in [1.82, 2.24) is 10.6 Å². The zero-order chi connectivity index (χ0) is 13.9. The molecule has 5 nitrogen and oxygen atoms in total. The fourth-order valence-corrected chi connectivity index (χ4v) is 3.86. The van der Waals surface area contributed by atoms with Crippen LogP contribution in [0.15, 0.2) is 24.3 Å². The van der Waals surface area contributed by atoms with E-state index in [2.05, 4.69) is 10.6 Å². The molecule has 19 heavy (non-hydrogen) atoms. The number of urea groups is 1. The smallest absolute Gasteiger partial charge is 0.315 e. The van der Waals surface area contributed by atoms with E-state index in [0.29, 0.717) is 18.0 Å². The molecule has 1 unspecified atom stereocenters. The maximum Gasteiger partial charge on any atom is 0.315 e. The first-order chi connectivity index (χ1) is 8.94. The number of hydrogen-bond acceptors (Lipinski definition) is 3. The van der Waals surface area contributed by atoms with Gasteiger partial charge in [-0.1, -0.05) is 23.7 Å². The van der Waals surface area contributed by atoms with Crippen molar-refractivity contribution >= 4 is 27.5 Å². The highest BCUT2D eigenvalue weighted by molar-refractivity contribution is 7.91. The Labute approximate surface area is 117 Å². The molecule has 104 valence electrons. The van der Waals surface area contributed by atoms with Gasteiger partial charge in [0.2, 0.25) is 0 Å². The van der Waals surface area contributed by atoms with E-state index >= 15 is 0 Å². The standard InChI is InChI=1S/C12H15ClN2O3S/c13-10-3-1-2-9(6-10)7-14-12(16)15-11-4-5-19(17,18)8-11/h1-3,6,11H,4-5,7-8H2,(H2,14,15,16). The van der Waals surface area contributed by atoms with Gasteiger partial charge in [0.15, 0.2) is 9.84 Å². The van der Waals surface area contributed by atoms with Crippen LogP contribution in [0.5, 0.6) is 0 Å². The number of amides is 2. The summed E-state index contributed by atoms with van der Waals surface area (Å²) >= 11 is 5.83. The molecule has 1 aromatic carbocycles. The van der Waals surface area contributed by atoms with E-state index in [9.17, 15) is 13.2 Å². The van der Waals surface area contributed by atoms with Crippen molar-refractivity contribution in [2.75, 3.05) is 11.5 Å². The van der Waals surface area contributed by atoms with Crippen LogP contribution in [-0.4, -0.2) is 32.0 Å². The quantitative estimate of drug-likeness (QED) is 0.884. The zero-order valence-corrected chi connectivity index (χ0v) is 11.8. The monoisotopic (exact) mass is 302 g/mol. The number of sulfone groups is 1. The van der Waals surface area contributed by atoms with Crippen LogP contribution in [0.2, 0.25) is 5.02 Å². The van der Waals surface area contributed by atoms with Crippen LogP contribution in [0, 0.1) is 0 Å². The Morgan fingerprint density at radius 1 is 1.42 bits per heavy atom. The van der Waals surface area contributed by atoms with Gasteiger partial charge in [-0.05, 0) is 24.1 Å². The van der Waals surface area contributed by atoms with Gasteiger partial charge < -0.3 is 10.6 Å². The van der Waals surface area contributed by atoms with Crippen LogP contribution in [-0.2, 0) is 16.4 Å². The molecule has 1 saturated heterocycles. The molecule has 2 amide bonds. The van der Waals surface area contributed by atoms with Crippen LogP contribution in [0.3, 0.4) is 0 Å². The van der Waals surface area contributed by atoms with E-state index < -0.39 is 9.84 Å². The summed E-state index contributed by atoms with van der Waals surface area (Å²) in [6, 6.07) is 6.54. The molecule has 7 heteroatoms. The molecule has 0 bridgehead atoms. The summed E-state index contributed by atoms with van der Waals surface area (Å²) in [7, 11) is -2.97. The van der Waals surface area contributed by atoms with Crippen LogP contribution >= 0.6 is 11.6 Å². The van der Waals surface area contributed by atoms with Crippen molar-refractivity contribution in [3.8, 4) is 0 Å². The van der Waals surface area contributed by atoms with E-state index in [1.165, 1.54) is 0 Å². The van der Waals surface area contributed by atoms with E-state index in [1.54, 1.807) is 18.2 Å². The molecule has 0 radical (unpaired) electrons. The van der Waals surface area contributed by atoms with Crippen LogP contribution < -0.4 is 10.6 Å². The fourth-order valence-electron chi connectivity index (χ4n) is 1.97. The summed E-state index contributed by atoms with van der Waals surface area (Å²) in [5, 5.41) is 5.95. The molecule has 1 aliphatic rings. The van der Waals surface area contributed by atoms with E-state index in [1.807, 2.05) is 6.07 Å². The Bertz CT molecular complexity index is 574. The second-order valence-electron chi connectivity index (χ2n) is 4.56. The van der Waals surface area contributed by atoms with Gasteiger partial charge in [0.25, 0.3) is 0 Å². The second-order valence-corrected chi connectivity index (χ2v) is 7.22. The molecule has 0 spiro atoms. The van der Waals surface area contributed by atoms with Gasteiger partial charge in [0.05, 0.1) is 11.5 Å². The van der Waals surface area contributed by atoms with Crippen molar-refractivity contribution < 1.29 is 13.2 Å². The summed E-state index contributed by atoms with van der Waals surface area (Å²) in [5.41, 5.74) is 0.890. The Kier molecular flexibility index (Phi) is 4.31. The Hall–Kier alpha value is -1.27. The lowest BCUT2D eigenvalue weighted by Crippen LogP contribution is -2.42. The highest BCUT2D eigenvalue weighted by Crippen LogP contribution is 2.12. The van der Waals surface area contributed by atoms with E-state index in [-0.39, 0.29) is 23.6 Å². The number of benzene rings is 1. The van der Waals surface area contributed by atoms with Crippen molar-refractivity contribution in [3.63, 3.8) is 0 Å². The van der Waals surface area contributed by atoms with E-state index in [0.717, 1.165) is 5.56 Å². The summed E-state index contributed by atoms with van der Waals surface area (Å²) < 4.78 is 22.5. The SMILES string of the molecule is O=C(NCc1cccc(Cl)c1)NC1CCS(=O)(=O)C1. The van der Waals surface area contributed by atoms with Gasteiger partial charge >= 0.3 is 6.03 Å².